The van der Waals surface area contributed by atoms with Crippen LogP contribution in [0.1, 0.15) is 40.3 Å². The zero-order valence-electron chi connectivity index (χ0n) is 15.9. The van der Waals surface area contributed by atoms with Crippen molar-refractivity contribution < 1.29 is 14.1 Å². The van der Waals surface area contributed by atoms with Crippen molar-refractivity contribution >= 4 is 5.91 Å². The number of ether oxygens (including phenoxy) is 1. The second-order valence-corrected chi connectivity index (χ2v) is 6.83. The normalized spacial score (nSPS) is 15.3. The minimum Gasteiger partial charge on any atom is -0.379 e. The summed E-state index contributed by atoms with van der Waals surface area (Å²) in [6, 6.07) is 3.77. The van der Waals surface area contributed by atoms with Gasteiger partial charge in [0.2, 0.25) is 0 Å². The first-order chi connectivity index (χ1) is 12.6. The van der Waals surface area contributed by atoms with Crippen LogP contribution in [0.4, 0.5) is 0 Å². The summed E-state index contributed by atoms with van der Waals surface area (Å²) in [4.78, 5) is 15.0. The zero-order chi connectivity index (χ0) is 18.5. The van der Waals surface area contributed by atoms with Gasteiger partial charge in [0.25, 0.3) is 5.91 Å². The van der Waals surface area contributed by atoms with Gasteiger partial charge in [-0.2, -0.15) is 0 Å². The second-order valence-electron chi connectivity index (χ2n) is 6.83. The summed E-state index contributed by atoms with van der Waals surface area (Å²) in [6.45, 7) is 11.2. The Balaban J connectivity index is 1.50. The van der Waals surface area contributed by atoms with Crippen LogP contribution in [-0.4, -0.2) is 59.9 Å². The minimum atomic E-state index is -0.0315. The number of hydrogen-bond acceptors (Lipinski definition) is 5. The molecule has 1 N–H and O–H groups in total. The van der Waals surface area contributed by atoms with Gasteiger partial charge in [-0.25, -0.2) is 0 Å². The third-order valence-electron chi connectivity index (χ3n) is 4.81. The van der Waals surface area contributed by atoms with Crippen LogP contribution in [-0.2, 0) is 4.74 Å². The molecule has 7 heteroatoms. The molecule has 1 fully saturated rings. The number of aromatic nitrogens is 2. The zero-order valence-corrected chi connectivity index (χ0v) is 15.9. The van der Waals surface area contributed by atoms with Crippen LogP contribution in [0.2, 0.25) is 0 Å². The van der Waals surface area contributed by atoms with Crippen LogP contribution in [0, 0.1) is 20.8 Å². The van der Waals surface area contributed by atoms with Gasteiger partial charge in [-0.15, -0.1) is 0 Å². The smallest absolute Gasteiger partial charge is 0.253 e. The highest BCUT2D eigenvalue weighted by molar-refractivity contribution is 5.95. The Bertz CT molecular complexity index is 744. The molecule has 1 aliphatic heterocycles. The Hall–Kier alpha value is -2.12. The monoisotopic (exact) mass is 360 g/mol. The third kappa shape index (κ3) is 4.34. The van der Waals surface area contributed by atoms with Crippen molar-refractivity contribution in [1.82, 2.24) is 19.9 Å². The van der Waals surface area contributed by atoms with E-state index in [4.69, 9.17) is 9.26 Å². The van der Waals surface area contributed by atoms with E-state index in [1.54, 1.807) is 0 Å². The van der Waals surface area contributed by atoms with Gasteiger partial charge in [-0.1, -0.05) is 5.16 Å². The predicted molar refractivity (Wildman–Crippen MR) is 98.9 cm³/mol. The lowest BCUT2D eigenvalue weighted by Crippen LogP contribution is -2.37. The van der Waals surface area contributed by atoms with Crippen LogP contribution in [0.3, 0.4) is 0 Å². The quantitative estimate of drug-likeness (QED) is 0.767. The summed E-state index contributed by atoms with van der Waals surface area (Å²) in [5.74, 6) is 1.43. The Kier molecular flexibility index (Phi) is 6.11. The Labute approximate surface area is 154 Å². The van der Waals surface area contributed by atoms with Gasteiger partial charge >= 0.3 is 0 Å². The topological polar surface area (TPSA) is 72.5 Å². The number of carbonyl (C=O) groups excluding carboxylic acids is 1. The average molecular weight is 360 g/mol. The first-order valence-corrected chi connectivity index (χ1v) is 9.27. The van der Waals surface area contributed by atoms with Crippen molar-refractivity contribution in [3.05, 3.63) is 34.8 Å². The standard InChI is InChI=1S/C19H28N4O3/c1-14-12-17(16(3)23(14)18-13-15(2)26-21-18)19(24)20-6-4-5-7-22-8-10-25-11-9-22/h12-13H,4-11H2,1-3H3,(H,20,24). The van der Waals surface area contributed by atoms with Gasteiger partial charge in [-0.05, 0) is 46.2 Å². The summed E-state index contributed by atoms with van der Waals surface area (Å²) >= 11 is 0. The molecular formula is C19H28N4O3. The maximum atomic E-state index is 12.5. The van der Waals surface area contributed by atoms with E-state index in [-0.39, 0.29) is 5.91 Å². The first-order valence-electron chi connectivity index (χ1n) is 9.27. The molecule has 0 radical (unpaired) electrons. The van der Waals surface area contributed by atoms with Crippen molar-refractivity contribution in [1.29, 1.82) is 0 Å². The fourth-order valence-electron chi connectivity index (χ4n) is 3.39. The molecule has 0 atom stereocenters. The average Bonchev–Trinajstić information content (AvgIpc) is 3.18. The van der Waals surface area contributed by atoms with Crippen molar-refractivity contribution in [3.63, 3.8) is 0 Å². The van der Waals surface area contributed by atoms with E-state index in [1.165, 1.54) is 0 Å². The van der Waals surface area contributed by atoms with E-state index >= 15 is 0 Å². The van der Waals surface area contributed by atoms with Gasteiger partial charge in [0.15, 0.2) is 5.82 Å². The minimum absolute atomic E-state index is 0.0315. The summed E-state index contributed by atoms with van der Waals surface area (Å²) in [5.41, 5.74) is 2.53. The molecule has 2 aromatic heterocycles. The number of rotatable bonds is 7. The molecular weight excluding hydrogens is 332 g/mol. The molecule has 3 rings (SSSR count). The number of nitrogens with one attached hydrogen (secondary N) is 1. The largest absolute Gasteiger partial charge is 0.379 e. The van der Waals surface area contributed by atoms with Crippen molar-refractivity contribution in [2.45, 2.75) is 33.6 Å². The fraction of sp³-hybridized carbons (Fsp3) is 0.579. The lowest BCUT2D eigenvalue weighted by molar-refractivity contribution is 0.0372. The van der Waals surface area contributed by atoms with E-state index in [0.717, 1.165) is 62.8 Å². The third-order valence-corrected chi connectivity index (χ3v) is 4.81. The number of morpholine rings is 1. The molecule has 1 saturated heterocycles. The molecule has 142 valence electrons. The lowest BCUT2D eigenvalue weighted by Gasteiger charge is -2.26. The number of aryl methyl sites for hydroxylation is 2. The molecule has 1 amide bonds. The van der Waals surface area contributed by atoms with Crippen LogP contribution in [0.25, 0.3) is 5.82 Å². The molecule has 0 aromatic carbocycles. The molecule has 0 unspecified atom stereocenters. The Morgan fingerprint density at radius 3 is 2.65 bits per heavy atom. The van der Waals surface area contributed by atoms with Gasteiger partial charge in [-0.3, -0.25) is 14.3 Å². The van der Waals surface area contributed by atoms with Gasteiger partial charge in [0.05, 0.1) is 18.8 Å². The molecule has 3 heterocycles. The summed E-state index contributed by atoms with van der Waals surface area (Å²) < 4.78 is 12.5. The van der Waals surface area contributed by atoms with Crippen molar-refractivity contribution in [2.75, 3.05) is 39.4 Å². The molecule has 0 bridgehead atoms. The first kappa shape index (κ1) is 18.7. The Morgan fingerprint density at radius 1 is 1.19 bits per heavy atom. The second kappa shape index (κ2) is 8.51. The van der Waals surface area contributed by atoms with E-state index in [0.29, 0.717) is 17.9 Å². The molecule has 1 aliphatic rings. The van der Waals surface area contributed by atoms with Crippen LogP contribution < -0.4 is 5.32 Å². The van der Waals surface area contributed by atoms with E-state index in [2.05, 4.69) is 15.4 Å². The highest BCUT2D eigenvalue weighted by Crippen LogP contribution is 2.20. The number of hydrogen-bond donors (Lipinski definition) is 1. The van der Waals surface area contributed by atoms with Gasteiger partial charge in [0.1, 0.15) is 5.76 Å². The molecule has 26 heavy (non-hydrogen) atoms. The summed E-state index contributed by atoms with van der Waals surface area (Å²) in [7, 11) is 0. The van der Waals surface area contributed by atoms with Crippen LogP contribution in [0.5, 0.6) is 0 Å². The summed E-state index contributed by atoms with van der Waals surface area (Å²) in [5, 5.41) is 7.09. The van der Waals surface area contributed by atoms with E-state index in [1.807, 2.05) is 37.5 Å². The number of unbranched alkanes of at least 4 members (excludes halogenated alkanes) is 1. The SMILES string of the molecule is Cc1cc(-n2c(C)cc(C(=O)NCCCCN3CCOCC3)c2C)no1. The van der Waals surface area contributed by atoms with Crippen molar-refractivity contribution in [2.24, 2.45) is 0 Å². The molecule has 7 nitrogen and oxygen atoms in total. The number of nitrogens with zero attached hydrogens (tertiary/aromatic N) is 3. The number of carbonyl (C=O) groups is 1. The molecule has 0 saturated carbocycles. The van der Waals surface area contributed by atoms with Crippen molar-refractivity contribution in [3.8, 4) is 5.82 Å². The maximum Gasteiger partial charge on any atom is 0.253 e. The molecule has 2 aromatic rings. The fourth-order valence-corrected chi connectivity index (χ4v) is 3.39. The summed E-state index contributed by atoms with van der Waals surface area (Å²) in [6.07, 6.45) is 2.06. The van der Waals surface area contributed by atoms with E-state index < -0.39 is 0 Å². The Morgan fingerprint density at radius 2 is 1.96 bits per heavy atom. The number of amides is 1. The maximum absolute atomic E-state index is 12.5. The van der Waals surface area contributed by atoms with Crippen LogP contribution >= 0.6 is 0 Å². The molecule has 0 spiro atoms. The highest BCUT2D eigenvalue weighted by atomic mass is 16.5. The van der Waals surface area contributed by atoms with E-state index in [9.17, 15) is 4.79 Å². The van der Waals surface area contributed by atoms with Crippen LogP contribution in [0.15, 0.2) is 16.7 Å². The van der Waals surface area contributed by atoms with Gasteiger partial charge in [0, 0.05) is 37.1 Å². The highest BCUT2D eigenvalue weighted by Gasteiger charge is 2.18. The van der Waals surface area contributed by atoms with Gasteiger partial charge < -0.3 is 14.6 Å². The predicted octanol–water partition coefficient (Wildman–Crippen LogP) is 2.23. The lowest BCUT2D eigenvalue weighted by atomic mass is 10.2. The molecule has 0 aliphatic carbocycles.